The van der Waals surface area contributed by atoms with Crippen LogP contribution >= 0.6 is 11.6 Å². The van der Waals surface area contributed by atoms with Gasteiger partial charge in [-0.3, -0.25) is 4.79 Å². The minimum absolute atomic E-state index is 0.0392. The molecule has 1 amide bonds. The molecule has 0 spiro atoms. The number of hydrogen-bond donors (Lipinski definition) is 1. The van der Waals surface area contributed by atoms with Gasteiger partial charge in [-0.2, -0.15) is 5.26 Å². The molecule has 1 aliphatic rings. The Hall–Kier alpha value is -2.04. The molecule has 1 atom stereocenters. The number of rotatable bonds is 4. The van der Waals surface area contributed by atoms with Crippen molar-refractivity contribution >= 4 is 33.0 Å². The number of carbonyl (C=O) groups excluding carboxylic acids is 1. The lowest BCUT2D eigenvalue weighted by molar-refractivity contribution is -0.112. The summed E-state index contributed by atoms with van der Waals surface area (Å²) < 4.78 is 23.0. The van der Waals surface area contributed by atoms with Gasteiger partial charge in [0.1, 0.15) is 11.6 Å². The second-order valence-corrected chi connectivity index (χ2v) is 8.00. The molecule has 23 heavy (non-hydrogen) atoms. The molecule has 8 heteroatoms. The first-order valence-electron chi connectivity index (χ1n) is 6.92. The highest BCUT2D eigenvalue weighted by atomic mass is 35.5. The van der Waals surface area contributed by atoms with Crippen LogP contribution in [0.2, 0.25) is 5.02 Å². The van der Waals surface area contributed by atoms with E-state index >= 15 is 0 Å². The van der Waals surface area contributed by atoms with Gasteiger partial charge in [0.15, 0.2) is 9.84 Å². The topological polar surface area (TPSA) is 90.3 Å². The van der Waals surface area contributed by atoms with Crippen molar-refractivity contribution in [3.8, 4) is 6.07 Å². The van der Waals surface area contributed by atoms with Crippen molar-refractivity contribution < 1.29 is 13.2 Å². The number of anilines is 1. The fraction of sp³-hybridized carbons (Fsp3) is 0.333. The third-order valence-corrected chi connectivity index (χ3v) is 5.59. The number of hydrogen-bond acceptors (Lipinski definition) is 5. The van der Waals surface area contributed by atoms with Crippen molar-refractivity contribution in [3.05, 3.63) is 41.1 Å². The van der Waals surface area contributed by atoms with Crippen LogP contribution in [0.3, 0.4) is 0 Å². The van der Waals surface area contributed by atoms with E-state index in [0.717, 1.165) is 0 Å². The number of amides is 1. The van der Waals surface area contributed by atoms with Gasteiger partial charge in [-0.1, -0.05) is 11.6 Å². The second kappa shape index (κ2) is 7.02. The summed E-state index contributed by atoms with van der Waals surface area (Å²) in [5.41, 5.74) is 0.429. The van der Waals surface area contributed by atoms with E-state index in [1.807, 2.05) is 6.07 Å². The maximum Gasteiger partial charge on any atom is 0.267 e. The third-order valence-electron chi connectivity index (χ3n) is 3.58. The van der Waals surface area contributed by atoms with Gasteiger partial charge in [0.25, 0.3) is 5.91 Å². The Bertz CT molecular complexity index is 766. The quantitative estimate of drug-likeness (QED) is 0.658. The van der Waals surface area contributed by atoms with E-state index in [9.17, 15) is 13.2 Å². The van der Waals surface area contributed by atoms with Gasteiger partial charge in [-0.25, -0.2) is 8.42 Å². The molecule has 0 aliphatic carbocycles. The maximum atomic E-state index is 12.1. The molecule has 0 radical (unpaired) electrons. The smallest absolute Gasteiger partial charge is 0.267 e. The molecule has 122 valence electrons. The summed E-state index contributed by atoms with van der Waals surface area (Å²) in [5, 5.41) is 12.3. The van der Waals surface area contributed by atoms with Crippen LogP contribution in [0.5, 0.6) is 0 Å². The molecule has 0 saturated carbocycles. The van der Waals surface area contributed by atoms with Gasteiger partial charge in [0, 0.05) is 30.0 Å². The SMILES string of the molecule is CN(/C=C(/C#N)C(=O)Nc1ccc(Cl)cc1)C1CCS(=O)(=O)C1. The first-order valence-corrected chi connectivity index (χ1v) is 9.12. The number of halogens is 1. The molecule has 1 heterocycles. The Labute approximate surface area is 140 Å². The number of carbonyl (C=O) groups is 1. The molecule has 6 nitrogen and oxygen atoms in total. The normalized spacial score (nSPS) is 19.9. The molecular formula is C15H16ClN3O3S. The minimum Gasteiger partial charge on any atom is -0.375 e. The summed E-state index contributed by atoms with van der Waals surface area (Å²) in [6.45, 7) is 0. The zero-order valence-electron chi connectivity index (χ0n) is 12.5. The summed E-state index contributed by atoms with van der Waals surface area (Å²) in [6.07, 6.45) is 1.88. The molecule has 1 aliphatic heterocycles. The molecular weight excluding hydrogens is 338 g/mol. The Morgan fingerprint density at radius 3 is 2.61 bits per heavy atom. The summed E-state index contributed by atoms with van der Waals surface area (Å²) in [7, 11) is -1.36. The van der Waals surface area contributed by atoms with Crippen LogP contribution in [0, 0.1) is 11.3 Å². The number of nitrogens with one attached hydrogen (secondary N) is 1. The lowest BCUT2D eigenvalue weighted by atomic mass is 10.2. The number of nitriles is 1. The predicted molar refractivity (Wildman–Crippen MR) is 88.6 cm³/mol. The largest absolute Gasteiger partial charge is 0.375 e. The first kappa shape index (κ1) is 17.3. The van der Waals surface area contributed by atoms with E-state index < -0.39 is 15.7 Å². The Balaban J connectivity index is 2.07. The van der Waals surface area contributed by atoms with Crippen molar-refractivity contribution in [1.82, 2.24) is 4.90 Å². The van der Waals surface area contributed by atoms with Gasteiger partial charge in [-0.05, 0) is 30.7 Å². The first-order chi connectivity index (χ1) is 10.8. The Morgan fingerprint density at radius 1 is 1.43 bits per heavy atom. The standard InChI is InChI=1S/C15H16ClN3O3S/c1-19(14-6-7-23(21,22)10-14)9-11(8-17)15(20)18-13-4-2-12(16)3-5-13/h2-5,9,14H,6-7,10H2,1H3,(H,18,20)/b11-9-. The monoisotopic (exact) mass is 353 g/mol. The van der Waals surface area contributed by atoms with E-state index in [2.05, 4.69) is 5.32 Å². The van der Waals surface area contributed by atoms with Gasteiger partial charge < -0.3 is 10.2 Å². The highest BCUT2D eigenvalue weighted by molar-refractivity contribution is 7.91. The van der Waals surface area contributed by atoms with E-state index in [4.69, 9.17) is 16.9 Å². The number of nitrogens with zero attached hydrogens (tertiary/aromatic N) is 2. The molecule has 0 bridgehead atoms. The highest BCUT2D eigenvalue weighted by Crippen LogP contribution is 2.18. The van der Waals surface area contributed by atoms with Crippen LogP contribution in [0.1, 0.15) is 6.42 Å². The van der Waals surface area contributed by atoms with Crippen LogP contribution < -0.4 is 5.32 Å². The zero-order chi connectivity index (χ0) is 17.0. The highest BCUT2D eigenvalue weighted by Gasteiger charge is 2.30. The Morgan fingerprint density at radius 2 is 2.09 bits per heavy atom. The van der Waals surface area contributed by atoms with Gasteiger partial charge in [0.2, 0.25) is 0 Å². The molecule has 1 N–H and O–H groups in total. The average molecular weight is 354 g/mol. The molecule has 1 aromatic carbocycles. The fourth-order valence-electron chi connectivity index (χ4n) is 2.28. The van der Waals surface area contributed by atoms with Gasteiger partial charge in [-0.15, -0.1) is 0 Å². The van der Waals surface area contributed by atoms with Crippen molar-refractivity contribution in [1.29, 1.82) is 5.26 Å². The summed E-state index contributed by atoms with van der Waals surface area (Å²) in [5.74, 6) is -0.380. The molecule has 1 saturated heterocycles. The van der Waals surface area contributed by atoms with E-state index in [1.165, 1.54) is 6.20 Å². The van der Waals surface area contributed by atoms with E-state index in [0.29, 0.717) is 17.1 Å². The fourth-order valence-corrected chi connectivity index (χ4v) is 4.19. The molecule has 0 aromatic heterocycles. The second-order valence-electron chi connectivity index (χ2n) is 5.34. The summed E-state index contributed by atoms with van der Waals surface area (Å²) >= 11 is 5.77. The van der Waals surface area contributed by atoms with E-state index in [-0.39, 0.29) is 23.1 Å². The summed E-state index contributed by atoms with van der Waals surface area (Å²) in [4.78, 5) is 13.7. The van der Waals surface area contributed by atoms with Crippen molar-refractivity contribution in [3.63, 3.8) is 0 Å². The van der Waals surface area contributed by atoms with Crippen LogP contribution in [0.4, 0.5) is 5.69 Å². The summed E-state index contributed by atoms with van der Waals surface area (Å²) in [6, 6.07) is 8.13. The minimum atomic E-state index is -3.02. The number of benzene rings is 1. The molecule has 1 aromatic rings. The van der Waals surface area contributed by atoms with Crippen LogP contribution in [0.15, 0.2) is 36.0 Å². The number of sulfone groups is 1. The maximum absolute atomic E-state index is 12.1. The predicted octanol–water partition coefficient (Wildman–Crippen LogP) is 1.80. The van der Waals surface area contributed by atoms with Crippen molar-refractivity contribution in [2.75, 3.05) is 23.9 Å². The Kier molecular flexibility index (Phi) is 5.29. The van der Waals surface area contributed by atoms with Crippen molar-refractivity contribution in [2.45, 2.75) is 12.5 Å². The average Bonchev–Trinajstić information content (AvgIpc) is 2.87. The lowest BCUT2D eigenvalue weighted by Gasteiger charge is -2.21. The van der Waals surface area contributed by atoms with Crippen molar-refractivity contribution in [2.24, 2.45) is 0 Å². The van der Waals surface area contributed by atoms with E-state index in [1.54, 1.807) is 36.2 Å². The van der Waals surface area contributed by atoms with Gasteiger partial charge >= 0.3 is 0 Å². The van der Waals surface area contributed by atoms with Crippen LogP contribution in [0.25, 0.3) is 0 Å². The molecule has 2 rings (SSSR count). The van der Waals surface area contributed by atoms with Crippen LogP contribution in [-0.4, -0.2) is 43.8 Å². The van der Waals surface area contributed by atoms with Crippen LogP contribution in [-0.2, 0) is 14.6 Å². The third kappa shape index (κ3) is 4.71. The molecule has 1 fully saturated rings. The zero-order valence-corrected chi connectivity index (χ0v) is 14.1. The lowest BCUT2D eigenvalue weighted by Crippen LogP contribution is -2.29. The van der Waals surface area contributed by atoms with Gasteiger partial charge in [0.05, 0.1) is 11.5 Å². The molecule has 1 unspecified atom stereocenters.